The molecule has 0 unspecified atom stereocenters. The van der Waals surface area contributed by atoms with Crippen LogP contribution in [0.3, 0.4) is 0 Å². The molecule has 0 aliphatic heterocycles. The Morgan fingerprint density at radius 2 is 1.75 bits per heavy atom. The second-order valence-electron chi connectivity index (χ2n) is 4.44. The first-order valence-corrected chi connectivity index (χ1v) is 6.76. The lowest BCUT2D eigenvalue weighted by Crippen LogP contribution is -2.41. The summed E-state index contributed by atoms with van der Waals surface area (Å²) in [5.41, 5.74) is -0.681. The van der Waals surface area contributed by atoms with Gasteiger partial charge >= 0.3 is 11.9 Å². The summed E-state index contributed by atoms with van der Waals surface area (Å²) < 4.78 is 9.97. The molecule has 0 amide bonds. The van der Waals surface area contributed by atoms with Gasteiger partial charge in [0.05, 0.1) is 13.2 Å². The molecule has 0 aromatic carbocycles. The summed E-state index contributed by atoms with van der Waals surface area (Å²) in [7, 11) is 0. The molecule has 0 atom stereocenters. The van der Waals surface area contributed by atoms with Crippen molar-refractivity contribution in [3.63, 3.8) is 0 Å². The Bertz CT molecular complexity index is 455. The number of ether oxygens (including phenoxy) is 2. The van der Waals surface area contributed by atoms with Crippen LogP contribution >= 0.6 is 11.6 Å². The highest BCUT2D eigenvalue weighted by Crippen LogP contribution is 2.26. The first-order chi connectivity index (χ1) is 9.43. The van der Waals surface area contributed by atoms with Crippen molar-refractivity contribution < 1.29 is 19.1 Å². The molecule has 20 heavy (non-hydrogen) atoms. The van der Waals surface area contributed by atoms with Gasteiger partial charge in [0, 0.05) is 12.6 Å². The number of esters is 2. The van der Waals surface area contributed by atoms with Gasteiger partial charge in [-0.3, -0.25) is 9.59 Å². The molecule has 0 aliphatic carbocycles. The second-order valence-corrected chi connectivity index (χ2v) is 4.83. The van der Waals surface area contributed by atoms with Crippen molar-refractivity contribution in [3.05, 3.63) is 29.0 Å². The maximum atomic E-state index is 12.1. The predicted octanol–water partition coefficient (Wildman–Crippen LogP) is 2.41. The van der Waals surface area contributed by atoms with Crippen LogP contribution in [0.25, 0.3) is 0 Å². The Morgan fingerprint density at radius 3 is 2.15 bits per heavy atom. The highest BCUT2D eigenvalue weighted by Gasteiger charge is 2.44. The van der Waals surface area contributed by atoms with Crippen LogP contribution in [0.15, 0.2) is 18.3 Å². The zero-order valence-corrected chi connectivity index (χ0v) is 12.6. The van der Waals surface area contributed by atoms with Gasteiger partial charge in [-0.1, -0.05) is 17.7 Å². The maximum Gasteiger partial charge on any atom is 0.323 e. The number of carbonyl (C=O) groups is 2. The summed E-state index contributed by atoms with van der Waals surface area (Å²) in [5.74, 6) is -1.21. The summed E-state index contributed by atoms with van der Waals surface area (Å²) in [6.45, 7) is 5.29. The summed E-state index contributed by atoms with van der Waals surface area (Å²) in [6.07, 6.45) is 1.67. The molecule has 0 radical (unpaired) electrons. The largest absolute Gasteiger partial charge is 0.465 e. The lowest BCUT2D eigenvalue weighted by atomic mass is 9.84. The molecule has 0 bridgehead atoms. The lowest BCUT2D eigenvalue weighted by molar-refractivity contribution is -0.170. The van der Waals surface area contributed by atoms with Crippen molar-refractivity contribution in [3.8, 4) is 0 Å². The molecule has 0 fully saturated rings. The highest BCUT2D eigenvalue weighted by atomic mass is 35.5. The fraction of sp³-hybridized carbons (Fsp3) is 0.500. The Morgan fingerprint density at radius 1 is 1.20 bits per heavy atom. The molecule has 0 N–H and O–H groups in total. The van der Waals surface area contributed by atoms with Crippen LogP contribution in [-0.2, 0) is 25.5 Å². The van der Waals surface area contributed by atoms with Gasteiger partial charge in [-0.2, -0.15) is 0 Å². The zero-order valence-electron chi connectivity index (χ0n) is 11.8. The molecule has 1 aromatic heterocycles. The number of nitrogens with zero attached hydrogens (tertiary/aromatic N) is 1. The molecule has 1 rings (SSSR count). The van der Waals surface area contributed by atoms with Gasteiger partial charge in [-0.15, -0.1) is 0 Å². The average Bonchev–Trinajstić information content (AvgIpc) is 2.41. The topological polar surface area (TPSA) is 65.5 Å². The fourth-order valence-corrected chi connectivity index (χ4v) is 1.84. The van der Waals surface area contributed by atoms with E-state index in [0.717, 1.165) is 0 Å². The van der Waals surface area contributed by atoms with Gasteiger partial charge in [0.2, 0.25) is 0 Å². The number of pyridine rings is 1. The van der Waals surface area contributed by atoms with Gasteiger partial charge in [-0.25, -0.2) is 4.98 Å². The number of hydrogen-bond donors (Lipinski definition) is 0. The minimum atomic E-state index is -1.39. The van der Waals surface area contributed by atoms with E-state index in [-0.39, 0.29) is 19.6 Å². The van der Waals surface area contributed by atoms with Crippen LogP contribution in [0.2, 0.25) is 5.15 Å². The Balaban J connectivity index is 3.00. The van der Waals surface area contributed by atoms with Crippen molar-refractivity contribution in [2.45, 2.75) is 27.2 Å². The first-order valence-electron chi connectivity index (χ1n) is 6.39. The molecular weight excluding hydrogens is 282 g/mol. The van der Waals surface area contributed by atoms with Crippen molar-refractivity contribution in [2.24, 2.45) is 5.41 Å². The molecule has 110 valence electrons. The molecule has 1 aromatic rings. The van der Waals surface area contributed by atoms with E-state index in [1.165, 1.54) is 13.1 Å². The third-order valence-electron chi connectivity index (χ3n) is 2.80. The van der Waals surface area contributed by atoms with Crippen molar-refractivity contribution >= 4 is 23.5 Å². The molecule has 0 saturated carbocycles. The third-order valence-corrected chi connectivity index (χ3v) is 3.02. The lowest BCUT2D eigenvalue weighted by Gasteiger charge is -2.24. The van der Waals surface area contributed by atoms with Crippen LogP contribution in [-0.4, -0.2) is 30.1 Å². The zero-order chi connectivity index (χ0) is 15.2. The summed E-state index contributed by atoms with van der Waals surface area (Å²) >= 11 is 5.71. The Hall–Kier alpha value is -1.62. The molecule has 6 heteroatoms. The number of aromatic nitrogens is 1. The minimum absolute atomic E-state index is 0.148. The van der Waals surface area contributed by atoms with Crippen molar-refractivity contribution in [1.29, 1.82) is 0 Å². The molecular formula is C14H18ClNO4. The first kappa shape index (κ1) is 16.4. The van der Waals surface area contributed by atoms with E-state index in [2.05, 4.69) is 4.98 Å². The van der Waals surface area contributed by atoms with Gasteiger partial charge in [0.1, 0.15) is 5.15 Å². The van der Waals surface area contributed by atoms with E-state index in [9.17, 15) is 9.59 Å². The number of hydrogen-bond acceptors (Lipinski definition) is 5. The van der Waals surface area contributed by atoms with Crippen LogP contribution in [0.5, 0.6) is 0 Å². The minimum Gasteiger partial charge on any atom is -0.465 e. The SMILES string of the molecule is CCOC(=O)C(C)(Cc1ccc(Cl)nc1)C(=O)OCC. The van der Waals surface area contributed by atoms with Crippen molar-refractivity contribution in [1.82, 2.24) is 4.98 Å². The Labute approximate surface area is 123 Å². The van der Waals surface area contributed by atoms with Crippen LogP contribution in [0, 0.1) is 5.41 Å². The normalized spacial score (nSPS) is 11.0. The fourth-order valence-electron chi connectivity index (χ4n) is 1.73. The molecule has 0 aliphatic rings. The second kappa shape index (κ2) is 7.24. The van der Waals surface area contributed by atoms with E-state index in [4.69, 9.17) is 21.1 Å². The molecule has 5 nitrogen and oxygen atoms in total. The number of halogens is 1. The predicted molar refractivity (Wildman–Crippen MR) is 74.3 cm³/mol. The molecule has 0 spiro atoms. The third kappa shape index (κ3) is 3.93. The van der Waals surface area contributed by atoms with E-state index >= 15 is 0 Å². The van der Waals surface area contributed by atoms with Crippen molar-refractivity contribution in [2.75, 3.05) is 13.2 Å². The Kier molecular flexibility index (Phi) is 5.95. The van der Waals surface area contributed by atoms with Crippen LogP contribution < -0.4 is 0 Å². The smallest absolute Gasteiger partial charge is 0.323 e. The molecule has 1 heterocycles. The molecule has 0 saturated heterocycles. The van der Waals surface area contributed by atoms with E-state index in [1.807, 2.05) is 0 Å². The average molecular weight is 300 g/mol. The van der Waals surface area contributed by atoms with E-state index in [0.29, 0.717) is 10.7 Å². The van der Waals surface area contributed by atoms with Gasteiger partial charge in [0.15, 0.2) is 5.41 Å². The number of carbonyl (C=O) groups excluding carboxylic acids is 2. The quantitative estimate of drug-likeness (QED) is 0.458. The van der Waals surface area contributed by atoms with Gasteiger partial charge in [-0.05, 0) is 32.4 Å². The van der Waals surface area contributed by atoms with E-state index < -0.39 is 17.4 Å². The summed E-state index contributed by atoms with van der Waals surface area (Å²) in [6, 6.07) is 3.32. The van der Waals surface area contributed by atoms with Crippen LogP contribution in [0.4, 0.5) is 0 Å². The summed E-state index contributed by atoms with van der Waals surface area (Å²) in [5, 5.41) is 0.350. The van der Waals surface area contributed by atoms with E-state index in [1.54, 1.807) is 26.0 Å². The highest BCUT2D eigenvalue weighted by molar-refractivity contribution is 6.29. The van der Waals surface area contributed by atoms with Gasteiger partial charge < -0.3 is 9.47 Å². The monoisotopic (exact) mass is 299 g/mol. The maximum absolute atomic E-state index is 12.1. The van der Waals surface area contributed by atoms with Crippen LogP contribution in [0.1, 0.15) is 26.3 Å². The summed E-state index contributed by atoms with van der Waals surface area (Å²) in [4.78, 5) is 28.1. The van der Waals surface area contributed by atoms with Gasteiger partial charge in [0.25, 0.3) is 0 Å². The standard InChI is InChI=1S/C14H18ClNO4/c1-4-19-12(17)14(3,13(18)20-5-2)8-10-6-7-11(15)16-9-10/h6-7,9H,4-5,8H2,1-3H3. The number of rotatable bonds is 6.